The van der Waals surface area contributed by atoms with Gasteiger partial charge in [-0.25, -0.2) is 0 Å². The summed E-state index contributed by atoms with van der Waals surface area (Å²) in [6, 6.07) is 17.5. The maximum Gasteiger partial charge on any atom is 0.119 e. The fourth-order valence-corrected chi connectivity index (χ4v) is 2.29. The lowest BCUT2D eigenvalue weighted by Gasteiger charge is -2.26. The van der Waals surface area contributed by atoms with Crippen LogP contribution in [0.15, 0.2) is 54.6 Å². The van der Waals surface area contributed by atoms with Gasteiger partial charge in [-0.3, -0.25) is 0 Å². The van der Waals surface area contributed by atoms with Gasteiger partial charge in [0.25, 0.3) is 0 Å². The standard InChI is InChI=1S/C18H23NO3/c1-15-6-5-9-18(12-15)22-14-17(21)13-19(10-11-20)16-7-3-2-4-8-16/h2-9,12,17,20-21H,10-11,13-14H2,1H3. The fraction of sp³-hybridized carbons (Fsp3) is 0.333. The first-order chi connectivity index (χ1) is 10.7. The summed E-state index contributed by atoms with van der Waals surface area (Å²) in [5.41, 5.74) is 2.10. The summed E-state index contributed by atoms with van der Waals surface area (Å²) < 4.78 is 5.62. The van der Waals surface area contributed by atoms with Crippen LogP contribution in [0.25, 0.3) is 0 Å². The Kier molecular flexibility index (Phi) is 6.25. The molecule has 0 aliphatic carbocycles. The first-order valence-electron chi connectivity index (χ1n) is 7.47. The normalized spacial score (nSPS) is 12.0. The molecule has 0 aliphatic heterocycles. The third-order valence-electron chi connectivity index (χ3n) is 3.35. The van der Waals surface area contributed by atoms with Gasteiger partial charge in [0.05, 0.1) is 6.61 Å². The molecule has 2 aromatic rings. The number of rotatable bonds is 8. The van der Waals surface area contributed by atoms with Gasteiger partial charge in [-0.05, 0) is 36.8 Å². The molecule has 0 saturated heterocycles. The summed E-state index contributed by atoms with van der Waals surface area (Å²) in [7, 11) is 0. The number of aliphatic hydroxyl groups is 2. The smallest absolute Gasteiger partial charge is 0.119 e. The summed E-state index contributed by atoms with van der Waals surface area (Å²) in [5.74, 6) is 0.757. The molecule has 4 heteroatoms. The third kappa shape index (κ3) is 5.06. The van der Waals surface area contributed by atoms with E-state index in [1.807, 2.05) is 66.4 Å². The Morgan fingerprint density at radius 1 is 1.09 bits per heavy atom. The Balaban J connectivity index is 1.89. The average molecular weight is 301 g/mol. The van der Waals surface area contributed by atoms with Crippen LogP contribution in [0.5, 0.6) is 5.75 Å². The number of hydrogen-bond acceptors (Lipinski definition) is 4. The fourth-order valence-electron chi connectivity index (χ4n) is 2.29. The van der Waals surface area contributed by atoms with Gasteiger partial charge in [0.1, 0.15) is 18.5 Å². The Labute approximate surface area is 131 Å². The van der Waals surface area contributed by atoms with Gasteiger partial charge in [-0.2, -0.15) is 0 Å². The number of aryl methyl sites for hydroxylation is 1. The topological polar surface area (TPSA) is 52.9 Å². The number of ether oxygens (including phenoxy) is 1. The maximum absolute atomic E-state index is 10.2. The van der Waals surface area contributed by atoms with Crippen molar-refractivity contribution < 1.29 is 14.9 Å². The van der Waals surface area contributed by atoms with Crippen LogP contribution in [-0.4, -0.2) is 42.6 Å². The molecule has 0 fully saturated rings. The van der Waals surface area contributed by atoms with Crippen LogP contribution < -0.4 is 9.64 Å². The van der Waals surface area contributed by atoms with Crippen LogP contribution in [0.2, 0.25) is 0 Å². The quantitative estimate of drug-likeness (QED) is 0.785. The minimum absolute atomic E-state index is 0.0420. The van der Waals surface area contributed by atoms with Gasteiger partial charge < -0.3 is 19.8 Å². The predicted molar refractivity (Wildman–Crippen MR) is 88.4 cm³/mol. The molecule has 0 amide bonds. The van der Waals surface area contributed by atoms with Crippen molar-refractivity contribution in [3.63, 3.8) is 0 Å². The third-order valence-corrected chi connectivity index (χ3v) is 3.35. The van der Waals surface area contributed by atoms with E-state index in [0.717, 1.165) is 17.0 Å². The number of para-hydroxylation sites is 1. The molecule has 0 radical (unpaired) electrons. The maximum atomic E-state index is 10.2. The molecule has 118 valence electrons. The zero-order valence-corrected chi connectivity index (χ0v) is 12.9. The van der Waals surface area contributed by atoms with Crippen molar-refractivity contribution in [1.29, 1.82) is 0 Å². The molecule has 1 unspecified atom stereocenters. The molecule has 2 rings (SSSR count). The first kappa shape index (κ1) is 16.3. The van der Waals surface area contributed by atoms with Crippen LogP contribution in [0.4, 0.5) is 5.69 Å². The molecule has 0 spiro atoms. The lowest BCUT2D eigenvalue weighted by atomic mass is 10.2. The van der Waals surface area contributed by atoms with Crippen LogP contribution in [0.1, 0.15) is 5.56 Å². The second-order valence-corrected chi connectivity index (χ2v) is 5.29. The molecular weight excluding hydrogens is 278 g/mol. The highest BCUT2D eigenvalue weighted by molar-refractivity contribution is 5.46. The van der Waals surface area contributed by atoms with Crippen molar-refractivity contribution in [3.8, 4) is 5.75 Å². The zero-order valence-electron chi connectivity index (χ0n) is 12.9. The van der Waals surface area contributed by atoms with Crippen molar-refractivity contribution >= 4 is 5.69 Å². The molecule has 0 aliphatic rings. The molecule has 0 heterocycles. The van der Waals surface area contributed by atoms with Gasteiger partial charge in [-0.1, -0.05) is 30.3 Å². The van der Waals surface area contributed by atoms with Crippen molar-refractivity contribution in [2.24, 2.45) is 0 Å². The molecule has 0 saturated carbocycles. The average Bonchev–Trinajstić information content (AvgIpc) is 2.53. The Morgan fingerprint density at radius 3 is 2.55 bits per heavy atom. The van der Waals surface area contributed by atoms with E-state index < -0.39 is 6.10 Å². The van der Waals surface area contributed by atoms with Crippen molar-refractivity contribution in [2.45, 2.75) is 13.0 Å². The van der Waals surface area contributed by atoms with E-state index in [4.69, 9.17) is 4.74 Å². The molecule has 0 aromatic heterocycles. The van der Waals surface area contributed by atoms with E-state index in [-0.39, 0.29) is 13.2 Å². The van der Waals surface area contributed by atoms with E-state index in [0.29, 0.717) is 13.1 Å². The highest BCUT2D eigenvalue weighted by Gasteiger charge is 2.13. The number of anilines is 1. The summed E-state index contributed by atoms with van der Waals surface area (Å²) in [6.07, 6.45) is -0.632. The molecule has 1 atom stereocenters. The first-order valence-corrected chi connectivity index (χ1v) is 7.47. The van der Waals surface area contributed by atoms with Crippen molar-refractivity contribution in [3.05, 3.63) is 60.2 Å². The lowest BCUT2D eigenvalue weighted by molar-refractivity contribution is 0.111. The van der Waals surface area contributed by atoms with E-state index in [2.05, 4.69) is 0 Å². The summed E-state index contributed by atoms with van der Waals surface area (Å²) >= 11 is 0. The van der Waals surface area contributed by atoms with Gasteiger partial charge in [0.2, 0.25) is 0 Å². The minimum atomic E-state index is -0.632. The van der Waals surface area contributed by atoms with Gasteiger partial charge in [0.15, 0.2) is 0 Å². The van der Waals surface area contributed by atoms with E-state index in [1.165, 1.54) is 0 Å². The lowest BCUT2D eigenvalue weighted by Crippen LogP contribution is -2.37. The van der Waals surface area contributed by atoms with Gasteiger partial charge >= 0.3 is 0 Å². The van der Waals surface area contributed by atoms with Gasteiger partial charge in [-0.15, -0.1) is 0 Å². The molecule has 2 aromatic carbocycles. The summed E-state index contributed by atoms with van der Waals surface area (Å²) in [6.45, 7) is 3.15. The number of benzene rings is 2. The second-order valence-electron chi connectivity index (χ2n) is 5.29. The summed E-state index contributed by atoms with van der Waals surface area (Å²) in [5, 5.41) is 19.4. The number of hydrogen-bond donors (Lipinski definition) is 2. The van der Waals surface area contributed by atoms with Gasteiger partial charge in [0, 0.05) is 18.8 Å². The zero-order chi connectivity index (χ0) is 15.8. The largest absolute Gasteiger partial charge is 0.491 e. The molecule has 2 N–H and O–H groups in total. The van der Waals surface area contributed by atoms with E-state index in [1.54, 1.807) is 0 Å². The molecule has 0 bridgehead atoms. The van der Waals surface area contributed by atoms with Crippen molar-refractivity contribution in [1.82, 2.24) is 0 Å². The summed E-state index contributed by atoms with van der Waals surface area (Å²) in [4.78, 5) is 1.95. The van der Waals surface area contributed by atoms with Crippen molar-refractivity contribution in [2.75, 3.05) is 31.2 Å². The Hall–Kier alpha value is -2.04. The second kappa shape index (κ2) is 8.41. The van der Waals surface area contributed by atoms with Crippen LogP contribution in [-0.2, 0) is 0 Å². The minimum Gasteiger partial charge on any atom is -0.491 e. The molecular formula is C18H23NO3. The van der Waals surface area contributed by atoms with Crippen LogP contribution in [0.3, 0.4) is 0 Å². The molecule has 4 nitrogen and oxygen atoms in total. The SMILES string of the molecule is Cc1cccc(OCC(O)CN(CCO)c2ccccc2)c1. The monoisotopic (exact) mass is 301 g/mol. The van der Waals surface area contributed by atoms with Crippen LogP contribution in [0, 0.1) is 6.92 Å². The highest BCUT2D eigenvalue weighted by Crippen LogP contribution is 2.15. The Bertz CT molecular complexity index is 559. The van der Waals surface area contributed by atoms with Crippen LogP contribution >= 0.6 is 0 Å². The number of nitrogens with zero attached hydrogens (tertiary/aromatic N) is 1. The highest BCUT2D eigenvalue weighted by atomic mass is 16.5. The van der Waals surface area contributed by atoms with E-state index >= 15 is 0 Å². The van der Waals surface area contributed by atoms with E-state index in [9.17, 15) is 10.2 Å². The molecule has 22 heavy (non-hydrogen) atoms. The predicted octanol–water partition coefficient (Wildman–Crippen LogP) is 2.23. The number of aliphatic hydroxyl groups excluding tert-OH is 2. The Morgan fingerprint density at radius 2 is 1.86 bits per heavy atom.